The molecule has 0 N–H and O–H groups in total. The molecule has 0 saturated carbocycles. The van der Waals surface area contributed by atoms with Gasteiger partial charge >= 0.3 is 5.69 Å². The van der Waals surface area contributed by atoms with Gasteiger partial charge in [0.25, 0.3) is 5.56 Å². The Morgan fingerprint density at radius 3 is 2.17 bits per heavy atom. The van der Waals surface area contributed by atoms with Gasteiger partial charge in [0, 0.05) is 39.0 Å². The van der Waals surface area contributed by atoms with Gasteiger partial charge in [-0.05, 0) is 24.4 Å². The van der Waals surface area contributed by atoms with E-state index in [4.69, 9.17) is 9.47 Å². The summed E-state index contributed by atoms with van der Waals surface area (Å²) >= 11 is 0. The molecule has 0 aliphatic rings. The Hall–Kier alpha value is -1.96. The van der Waals surface area contributed by atoms with Gasteiger partial charge in [0.1, 0.15) is 13.5 Å². The van der Waals surface area contributed by atoms with E-state index in [-0.39, 0.29) is 30.6 Å². The molecule has 7 heteroatoms. The molecule has 1 aromatic carbocycles. The van der Waals surface area contributed by atoms with Crippen LogP contribution in [0.1, 0.15) is 43.5 Å². The van der Waals surface area contributed by atoms with Crippen LogP contribution in [0.15, 0.2) is 39.9 Å². The number of nitrogens with zero attached hydrogens (tertiary/aromatic N) is 2. The Morgan fingerprint density at radius 2 is 1.60 bits per heavy atom. The maximum atomic E-state index is 13.2. The van der Waals surface area contributed by atoms with E-state index in [1.165, 1.54) is 4.57 Å². The molecule has 1 heterocycles. The van der Waals surface area contributed by atoms with Crippen molar-refractivity contribution in [3.8, 4) is 0 Å². The highest BCUT2D eigenvalue weighted by molar-refractivity contribution is 6.76. The Bertz CT molecular complexity index is 927. The Morgan fingerprint density at radius 1 is 0.967 bits per heavy atom. The quantitative estimate of drug-likeness (QED) is 0.397. The van der Waals surface area contributed by atoms with Crippen LogP contribution in [0.4, 0.5) is 0 Å². The monoisotopic (exact) mass is 432 g/mol. The summed E-state index contributed by atoms with van der Waals surface area (Å²) in [7, 11) is -1.24. The summed E-state index contributed by atoms with van der Waals surface area (Å²) in [5.41, 5.74) is 1.78. The van der Waals surface area contributed by atoms with Crippen LogP contribution < -0.4 is 11.2 Å². The second-order valence-corrected chi connectivity index (χ2v) is 14.7. The van der Waals surface area contributed by atoms with Gasteiger partial charge in [0.05, 0.1) is 0 Å². The third kappa shape index (κ3) is 6.52. The van der Waals surface area contributed by atoms with Crippen molar-refractivity contribution >= 4 is 8.07 Å². The number of benzene rings is 1. The van der Waals surface area contributed by atoms with Crippen LogP contribution in [0.25, 0.3) is 0 Å². The largest absolute Gasteiger partial charge is 0.361 e. The fraction of sp³-hybridized carbons (Fsp3) is 0.565. The minimum Gasteiger partial charge on any atom is -0.361 e. The minimum absolute atomic E-state index is 0.0297. The van der Waals surface area contributed by atoms with Crippen LogP contribution in [0.2, 0.25) is 25.7 Å². The Balaban J connectivity index is 2.53. The number of aromatic nitrogens is 2. The maximum absolute atomic E-state index is 13.2. The van der Waals surface area contributed by atoms with E-state index in [9.17, 15) is 9.59 Å². The summed E-state index contributed by atoms with van der Waals surface area (Å²) in [6.07, 6.45) is 0.506. The highest BCUT2D eigenvalue weighted by atomic mass is 28.3. The normalized spacial score (nSPS) is 12.0. The number of ether oxygens (including phenoxy) is 2. The van der Waals surface area contributed by atoms with E-state index >= 15 is 0 Å². The van der Waals surface area contributed by atoms with Gasteiger partial charge in [-0.1, -0.05) is 63.8 Å². The lowest BCUT2D eigenvalue weighted by Gasteiger charge is -2.22. The highest BCUT2D eigenvalue weighted by Crippen LogP contribution is 2.19. The zero-order valence-corrected chi connectivity index (χ0v) is 20.2. The molecule has 0 aliphatic carbocycles. The molecule has 0 amide bonds. The van der Waals surface area contributed by atoms with E-state index in [1.54, 1.807) is 4.57 Å². The number of hydrogen-bond acceptors (Lipinski definition) is 4. The van der Waals surface area contributed by atoms with E-state index in [2.05, 4.69) is 19.6 Å². The molecule has 2 aromatic rings. The Labute approximate surface area is 180 Å². The van der Waals surface area contributed by atoms with Crippen molar-refractivity contribution in [3.63, 3.8) is 0 Å². The average Bonchev–Trinajstić information content (AvgIpc) is 2.66. The molecular weight excluding hydrogens is 396 g/mol. The molecule has 0 bridgehead atoms. The van der Waals surface area contributed by atoms with Gasteiger partial charge in [-0.3, -0.25) is 9.36 Å². The molecule has 1 aromatic heterocycles. The topological polar surface area (TPSA) is 62.5 Å². The first-order chi connectivity index (χ1) is 14.2. The molecule has 0 atom stereocenters. The van der Waals surface area contributed by atoms with Crippen molar-refractivity contribution in [1.82, 2.24) is 9.13 Å². The fourth-order valence-electron chi connectivity index (χ4n) is 3.29. The van der Waals surface area contributed by atoms with Crippen molar-refractivity contribution in [2.24, 2.45) is 0 Å². The smallest absolute Gasteiger partial charge is 0.335 e. The second kappa shape index (κ2) is 10.9. The van der Waals surface area contributed by atoms with Crippen LogP contribution in [0.3, 0.4) is 0 Å². The van der Waals surface area contributed by atoms with E-state index < -0.39 is 8.07 Å². The molecule has 0 saturated heterocycles. The van der Waals surface area contributed by atoms with Crippen LogP contribution >= 0.6 is 0 Å². The van der Waals surface area contributed by atoms with Crippen LogP contribution in [-0.2, 0) is 29.4 Å². The number of rotatable bonds is 11. The van der Waals surface area contributed by atoms with Gasteiger partial charge in [-0.15, -0.1) is 0 Å². The zero-order chi connectivity index (χ0) is 22.3. The summed E-state index contributed by atoms with van der Waals surface area (Å²) in [6, 6.07) is 10.9. The lowest BCUT2D eigenvalue weighted by Crippen LogP contribution is -2.45. The first-order valence-electron chi connectivity index (χ1n) is 10.7. The van der Waals surface area contributed by atoms with Gasteiger partial charge in [-0.25, -0.2) is 9.36 Å². The van der Waals surface area contributed by atoms with Crippen LogP contribution in [-0.4, -0.2) is 30.4 Å². The molecule has 0 unspecified atom stereocenters. The molecule has 2 rings (SSSR count). The zero-order valence-electron chi connectivity index (χ0n) is 19.2. The predicted molar refractivity (Wildman–Crippen MR) is 124 cm³/mol. The highest BCUT2D eigenvalue weighted by Gasteiger charge is 2.22. The minimum atomic E-state index is -1.24. The van der Waals surface area contributed by atoms with Crippen LogP contribution in [0, 0.1) is 0 Å². The molecule has 0 radical (unpaired) electrons. The van der Waals surface area contributed by atoms with E-state index in [0.29, 0.717) is 25.2 Å². The van der Waals surface area contributed by atoms with Gasteiger partial charge in [0.15, 0.2) is 0 Å². The molecule has 6 nitrogen and oxygen atoms in total. The van der Waals surface area contributed by atoms with Crippen molar-refractivity contribution < 1.29 is 9.47 Å². The van der Waals surface area contributed by atoms with Gasteiger partial charge < -0.3 is 9.47 Å². The fourth-order valence-corrected chi connectivity index (χ4v) is 4.04. The summed E-state index contributed by atoms with van der Waals surface area (Å²) in [5.74, 6) is -0.0297. The lowest BCUT2D eigenvalue weighted by molar-refractivity contribution is 0.0641. The molecule has 0 spiro atoms. The van der Waals surface area contributed by atoms with E-state index in [0.717, 1.165) is 17.3 Å². The van der Waals surface area contributed by atoms with Crippen molar-refractivity contribution in [2.75, 3.05) is 13.2 Å². The summed E-state index contributed by atoms with van der Waals surface area (Å²) in [5, 5.41) is 0. The van der Waals surface area contributed by atoms with Gasteiger partial charge in [0.2, 0.25) is 0 Å². The number of hydrogen-bond donors (Lipinski definition) is 0. The Kier molecular flexibility index (Phi) is 8.82. The third-order valence-corrected chi connectivity index (χ3v) is 6.71. The van der Waals surface area contributed by atoms with Crippen molar-refractivity contribution in [3.05, 3.63) is 68.0 Å². The average molecular weight is 433 g/mol. The SMILES string of the molecule is CCOCn1c(=O)c(C(C)C)c(Cc2ccccc2)n(COCC[Si](C)(C)C)c1=O. The molecular formula is C23H36N2O4Si. The molecule has 30 heavy (non-hydrogen) atoms. The molecule has 166 valence electrons. The first-order valence-corrected chi connectivity index (χ1v) is 14.4. The van der Waals surface area contributed by atoms with Crippen LogP contribution in [0.5, 0.6) is 0 Å². The second-order valence-electron chi connectivity index (χ2n) is 9.09. The van der Waals surface area contributed by atoms with Gasteiger partial charge in [-0.2, -0.15) is 0 Å². The summed E-state index contributed by atoms with van der Waals surface area (Å²) in [4.78, 5) is 26.4. The maximum Gasteiger partial charge on any atom is 0.335 e. The summed E-state index contributed by atoms with van der Waals surface area (Å²) in [6.45, 7) is 13.8. The third-order valence-electron chi connectivity index (χ3n) is 5.01. The standard InChI is InChI=1S/C23H36N2O4Si/c1-7-28-17-25-22(26)21(18(2)3)20(15-19-11-9-8-10-12-19)24(23(25)27)16-29-13-14-30(4,5)6/h8-12,18H,7,13-17H2,1-6H3. The molecule has 0 aliphatic heterocycles. The summed E-state index contributed by atoms with van der Waals surface area (Å²) < 4.78 is 14.2. The van der Waals surface area contributed by atoms with E-state index in [1.807, 2.05) is 51.1 Å². The first kappa shape index (κ1) is 24.3. The predicted octanol–water partition coefficient (Wildman–Crippen LogP) is 4.03. The van der Waals surface area contributed by atoms with Crippen molar-refractivity contribution in [1.29, 1.82) is 0 Å². The lowest BCUT2D eigenvalue weighted by atomic mass is 9.98. The molecule has 0 fully saturated rings. The van der Waals surface area contributed by atoms with Crippen molar-refractivity contribution in [2.45, 2.75) is 72.3 Å².